The van der Waals surface area contributed by atoms with E-state index < -0.39 is 0 Å². The molecule has 1 spiro atoms. The summed E-state index contributed by atoms with van der Waals surface area (Å²) in [7, 11) is 0. The van der Waals surface area contributed by atoms with Crippen molar-refractivity contribution in [2.24, 2.45) is 33.5 Å². The van der Waals surface area contributed by atoms with E-state index in [0.29, 0.717) is 30.5 Å². The van der Waals surface area contributed by atoms with Crippen LogP contribution in [0.3, 0.4) is 0 Å². The van der Waals surface area contributed by atoms with Gasteiger partial charge in [0.25, 0.3) is 0 Å². The smallest absolute Gasteiger partial charge is 0.312 e. The summed E-state index contributed by atoms with van der Waals surface area (Å²) in [6, 6.07) is 6.26. The Kier molecular flexibility index (Phi) is 6.25. The van der Waals surface area contributed by atoms with Crippen molar-refractivity contribution < 1.29 is 18.7 Å². The number of carbonyl (C=O) groups excluding carboxylic acids is 1. The maximum absolute atomic E-state index is 13.3. The van der Waals surface area contributed by atoms with Crippen LogP contribution in [0.2, 0.25) is 0 Å². The number of ether oxygens (including phenoxy) is 2. The third-order valence-corrected chi connectivity index (χ3v) is 11.4. The second-order valence-corrected chi connectivity index (χ2v) is 13.5. The van der Waals surface area contributed by atoms with Crippen molar-refractivity contribution in [2.75, 3.05) is 6.61 Å². The molecule has 4 fully saturated rings. The molecule has 2 aromatic rings. The van der Waals surface area contributed by atoms with Crippen molar-refractivity contribution in [3.63, 3.8) is 0 Å². The van der Waals surface area contributed by atoms with Crippen LogP contribution in [-0.2, 0) is 20.9 Å². The number of carbonyl (C=O) groups is 1. The number of halogens is 1. The molecule has 0 radical (unpaired) electrons. The second-order valence-electron chi connectivity index (χ2n) is 13.5. The Balaban J connectivity index is 1.18. The quantitative estimate of drug-likeness (QED) is 0.396. The van der Waals surface area contributed by atoms with Crippen molar-refractivity contribution in [3.8, 4) is 5.69 Å². The van der Waals surface area contributed by atoms with Crippen molar-refractivity contribution in [2.45, 2.75) is 98.2 Å². The summed E-state index contributed by atoms with van der Waals surface area (Å²) < 4.78 is 27.2. The Morgan fingerprint density at radius 2 is 1.84 bits per heavy atom. The summed E-state index contributed by atoms with van der Waals surface area (Å²) in [6.07, 6.45) is 12.4. The fourth-order valence-electron chi connectivity index (χ4n) is 9.78. The van der Waals surface area contributed by atoms with Gasteiger partial charge in [0.05, 0.1) is 36.6 Å². The lowest BCUT2D eigenvalue weighted by Crippen LogP contribution is -2.58. The number of fused-ring (bicyclic) bond motifs is 3. The molecule has 0 saturated heterocycles. The Bertz CT molecular complexity index is 1200. The van der Waals surface area contributed by atoms with E-state index in [4.69, 9.17) is 9.47 Å². The lowest BCUT2D eigenvalue weighted by atomic mass is 9.40. The van der Waals surface area contributed by atoms with E-state index in [9.17, 15) is 9.18 Å². The van der Waals surface area contributed by atoms with Gasteiger partial charge in [-0.15, -0.1) is 5.10 Å². The molecular formula is C31H42FN3O3. The minimum atomic E-state index is -0.365. The standard InChI is InChI=1S/C31H42FN3O3/c1-5-37-27(36)30(4)14-6-13-29(3)24(30)12-16-31-17-26(28(2,20-31)15-11-25(29)31)38-19-22-18-35(34-33-22)23-9-7-21(32)8-10-23/h7-10,18,24-26H,5-6,11-17,19-20H2,1-4H3/t24-,25-,26+,28-,29+,30+,31-/m0/s1. The topological polar surface area (TPSA) is 66.2 Å². The third-order valence-electron chi connectivity index (χ3n) is 11.4. The minimum absolute atomic E-state index is 0.0221. The highest BCUT2D eigenvalue weighted by atomic mass is 19.1. The molecule has 0 aliphatic heterocycles. The van der Waals surface area contributed by atoms with Gasteiger partial charge in [0, 0.05) is 0 Å². The summed E-state index contributed by atoms with van der Waals surface area (Å²) in [5.41, 5.74) is 1.85. The predicted octanol–water partition coefficient (Wildman–Crippen LogP) is 6.66. The normalized spacial score (nSPS) is 39.9. The first kappa shape index (κ1) is 26.0. The van der Waals surface area contributed by atoms with Crippen LogP contribution in [0.15, 0.2) is 30.5 Å². The summed E-state index contributed by atoms with van der Waals surface area (Å²) in [4.78, 5) is 13.2. The molecule has 206 valence electrons. The molecular weight excluding hydrogens is 481 g/mol. The molecule has 7 heteroatoms. The molecule has 6 rings (SSSR count). The highest BCUT2D eigenvalue weighted by molar-refractivity contribution is 5.77. The summed E-state index contributed by atoms with van der Waals surface area (Å²) in [6.45, 7) is 9.94. The summed E-state index contributed by atoms with van der Waals surface area (Å²) in [5, 5.41) is 8.56. The Hall–Kier alpha value is -2.28. The first-order valence-corrected chi connectivity index (χ1v) is 14.6. The minimum Gasteiger partial charge on any atom is -0.466 e. The molecule has 6 nitrogen and oxygen atoms in total. The number of hydrogen-bond acceptors (Lipinski definition) is 5. The van der Waals surface area contributed by atoms with Crippen molar-refractivity contribution in [3.05, 3.63) is 42.0 Å². The van der Waals surface area contributed by atoms with Gasteiger partial charge in [0.2, 0.25) is 0 Å². The van der Waals surface area contributed by atoms with Crippen molar-refractivity contribution >= 4 is 5.97 Å². The number of esters is 1. The Labute approximate surface area is 225 Å². The molecule has 4 aliphatic rings. The van der Waals surface area contributed by atoms with Crippen LogP contribution < -0.4 is 0 Å². The highest BCUT2D eigenvalue weighted by Crippen LogP contribution is 2.74. The van der Waals surface area contributed by atoms with Crippen molar-refractivity contribution in [1.29, 1.82) is 0 Å². The molecule has 38 heavy (non-hydrogen) atoms. The van der Waals surface area contributed by atoms with E-state index in [1.807, 2.05) is 13.1 Å². The Morgan fingerprint density at radius 1 is 1.08 bits per heavy atom. The van der Waals surface area contributed by atoms with Gasteiger partial charge in [-0.1, -0.05) is 25.5 Å². The van der Waals surface area contributed by atoms with Gasteiger partial charge in [0.15, 0.2) is 0 Å². The molecule has 0 unspecified atom stereocenters. The maximum Gasteiger partial charge on any atom is 0.312 e. The molecule has 2 bridgehead atoms. The average molecular weight is 524 g/mol. The van der Waals surface area contributed by atoms with E-state index in [2.05, 4.69) is 31.1 Å². The van der Waals surface area contributed by atoms with Gasteiger partial charge in [0.1, 0.15) is 11.5 Å². The third kappa shape index (κ3) is 3.94. The van der Waals surface area contributed by atoms with Crippen LogP contribution in [0, 0.1) is 39.3 Å². The number of hydrogen-bond donors (Lipinski definition) is 0. The van der Waals surface area contributed by atoms with E-state index >= 15 is 0 Å². The number of aromatic nitrogens is 3. The fourth-order valence-corrected chi connectivity index (χ4v) is 9.78. The van der Waals surface area contributed by atoms with Crippen LogP contribution in [-0.4, -0.2) is 33.7 Å². The predicted molar refractivity (Wildman–Crippen MR) is 142 cm³/mol. The van der Waals surface area contributed by atoms with Gasteiger partial charge in [-0.3, -0.25) is 4.79 Å². The molecule has 4 saturated carbocycles. The van der Waals surface area contributed by atoms with Crippen molar-refractivity contribution in [1.82, 2.24) is 15.0 Å². The fraction of sp³-hybridized carbons (Fsp3) is 0.710. The Morgan fingerprint density at radius 3 is 2.61 bits per heavy atom. The van der Waals surface area contributed by atoms with Gasteiger partial charge in [-0.05, 0) is 118 Å². The first-order valence-electron chi connectivity index (χ1n) is 14.6. The monoisotopic (exact) mass is 523 g/mol. The zero-order valence-electron chi connectivity index (χ0n) is 23.3. The summed E-state index contributed by atoms with van der Waals surface area (Å²) >= 11 is 0. The van der Waals surface area contributed by atoms with E-state index in [1.54, 1.807) is 16.8 Å². The molecule has 4 aliphatic carbocycles. The highest BCUT2D eigenvalue weighted by Gasteiger charge is 2.68. The maximum atomic E-state index is 13.3. The molecule has 1 aromatic carbocycles. The molecule has 0 amide bonds. The number of rotatable bonds is 6. The van der Waals surface area contributed by atoms with Crippen LogP contribution >= 0.6 is 0 Å². The lowest BCUT2D eigenvalue weighted by molar-refractivity contribution is -0.187. The molecule has 0 N–H and O–H groups in total. The summed E-state index contributed by atoms with van der Waals surface area (Å²) in [5.74, 6) is 0.777. The zero-order valence-corrected chi connectivity index (χ0v) is 23.3. The van der Waals surface area contributed by atoms with Crippen LogP contribution in [0.25, 0.3) is 5.69 Å². The number of benzene rings is 1. The second kappa shape index (κ2) is 9.14. The average Bonchev–Trinajstić information content (AvgIpc) is 3.43. The SMILES string of the molecule is CCOC(=O)[C@]1(C)CCC[C@@]2(C)[C@@H]3CC[C@@]4(C)C[C@]3(CC[C@@H]21)C[C@H]4OCc1cn(-c2ccc(F)cc2)nn1. The first-order chi connectivity index (χ1) is 18.1. The lowest BCUT2D eigenvalue weighted by Gasteiger charge is -2.64. The largest absolute Gasteiger partial charge is 0.466 e. The molecule has 1 aromatic heterocycles. The van der Waals surface area contributed by atoms with Crippen LogP contribution in [0.1, 0.15) is 91.2 Å². The van der Waals surface area contributed by atoms with E-state index in [0.717, 1.165) is 37.1 Å². The van der Waals surface area contributed by atoms with Gasteiger partial charge < -0.3 is 9.47 Å². The number of nitrogens with zero attached hydrogens (tertiary/aromatic N) is 3. The van der Waals surface area contributed by atoms with Gasteiger partial charge in [-0.2, -0.15) is 0 Å². The molecule has 7 atom stereocenters. The van der Waals surface area contributed by atoms with Gasteiger partial charge >= 0.3 is 5.97 Å². The van der Waals surface area contributed by atoms with E-state index in [1.165, 1.54) is 44.2 Å². The van der Waals surface area contributed by atoms with Gasteiger partial charge in [-0.25, -0.2) is 9.07 Å². The zero-order chi connectivity index (χ0) is 26.8. The van der Waals surface area contributed by atoms with Crippen LogP contribution in [0.5, 0.6) is 0 Å². The van der Waals surface area contributed by atoms with Crippen LogP contribution in [0.4, 0.5) is 4.39 Å². The molecule has 1 heterocycles. The van der Waals surface area contributed by atoms with E-state index in [-0.39, 0.29) is 34.1 Å².